The van der Waals surface area contributed by atoms with Crippen LogP contribution in [0, 0.1) is 0 Å². The van der Waals surface area contributed by atoms with Gasteiger partial charge in [-0.25, -0.2) is 0 Å². The number of nitrogens with one attached hydrogen (secondary N) is 2. The second kappa shape index (κ2) is 6.50. The van der Waals surface area contributed by atoms with E-state index in [0.717, 1.165) is 18.4 Å². The SMILES string of the molecule is O=C(CCCc1c[nH]c2ccccc12)NCCS. The molecule has 2 N–H and O–H groups in total. The molecular formula is C14H18N2OS. The van der Waals surface area contributed by atoms with Crippen molar-refractivity contribution in [2.45, 2.75) is 19.3 Å². The first-order valence-corrected chi connectivity index (χ1v) is 6.87. The van der Waals surface area contributed by atoms with E-state index in [1.807, 2.05) is 18.3 Å². The van der Waals surface area contributed by atoms with Crippen LogP contribution in [0.4, 0.5) is 0 Å². The van der Waals surface area contributed by atoms with Crippen LogP contribution in [0.3, 0.4) is 0 Å². The average molecular weight is 262 g/mol. The largest absolute Gasteiger partial charge is 0.361 e. The molecule has 0 aliphatic rings. The summed E-state index contributed by atoms with van der Waals surface area (Å²) in [5.41, 5.74) is 2.44. The van der Waals surface area contributed by atoms with Crippen LogP contribution in [0.1, 0.15) is 18.4 Å². The number of hydrogen-bond acceptors (Lipinski definition) is 2. The number of hydrogen-bond donors (Lipinski definition) is 3. The highest BCUT2D eigenvalue weighted by Crippen LogP contribution is 2.19. The van der Waals surface area contributed by atoms with Crippen LogP contribution < -0.4 is 5.32 Å². The van der Waals surface area contributed by atoms with Gasteiger partial charge in [-0.1, -0.05) is 18.2 Å². The first-order chi connectivity index (χ1) is 8.81. The van der Waals surface area contributed by atoms with Crippen LogP contribution in [0.5, 0.6) is 0 Å². The Morgan fingerprint density at radius 2 is 2.17 bits per heavy atom. The molecule has 0 spiro atoms. The van der Waals surface area contributed by atoms with Crippen LogP contribution in [0.15, 0.2) is 30.5 Å². The highest BCUT2D eigenvalue weighted by atomic mass is 32.1. The lowest BCUT2D eigenvalue weighted by Gasteiger charge is -2.02. The molecular weight excluding hydrogens is 244 g/mol. The Balaban J connectivity index is 1.85. The molecule has 1 aromatic heterocycles. The summed E-state index contributed by atoms with van der Waals surface area (Å²) in [6.07, 6.45) is 4.42. The van der Waals surface area contributed by atoms with Gasteiger partial charge in [0.05, 0.1) is 0 Å². The van der Waals surface area contributed by atoms with Crippen molar-refractivity contribution in [1.82, 2.24) is 10.3 Å². The summed E-state index contributed by atoms with van der Waals surface area (Å²) in [7, 11) is 0. The normalized spacial score (nSPS) is 10.7. The van der Waals surface area contributed by atoms with Gasteiger partial charge in [0.25, 0.3) is 0 Å². The zero-order chi connectivity index (χ0) is 12.8. The van der Waals surface area contributed by atoms with Crippen molar-refractivity contribution in [3.8, 4) is 0 Å². The number of amides is 1. The molecule has 4 heteroatoms. The highest BCUT2D eigenvalue weighted by Gasteiger charge is 2.04. The van der Waals surface area contributed by atoms with Crippen molar-refractivity contribution in [3.63, 3.8) is 0 Å². The maximum Gasteiger partial charge on any atom is 0.220 e. The number of fused-ring (bicyclic) bond motifs is 1. The quantitative estimate of drug-likeness (QED) is 0.688. The molecule has 3 nitrogen and oxygen atoms in total. The first kappa shape index (κ1) is 13.0. The van der Waals surface area contributed by atoms with E-state index >= 15 is 0 Å². The molecule has 0 bridgehead atoms. The fraction of sp³-hybridized carbons (Fsp3) is 0.357. The number of aryl methyl sites for hydroxylation is 1. The zero-order valence-electron chi connectivity index (χ0n) is 10.3. The van der Waals surface area contributed by atoms with E-state index in [0.29, 0.717) is 18.7 Å². The molecule has 0 saturated carbocycles. The van der Waals surface area contributed by atoms with Gasteiger partial charge in [0.2, 0.25) is 5.91 Å². The number of rotatable bonds is 6. The van der Waals surface area contributed by atoms with E-state index < -0.39 is 0 Å². The van der Waals surface area contributed by atoms with Gasteiger partial charge in [-0.3, -0.25) is 4.79 Å². The van der Waals surface area contributed by atoms with Gasteiger partial charge in [0.15, 0.2) is 0 Å². The van der Waals surface area contributed by atoms with Crippen LogP contribution >= 0.6 is 12.6 Å². The number of carbonyl (C=O) groups excluding carboxylic acids is 1. The Kier molecular flexibility index (Phi) is 4.70. The Morgan fingerprint density at radius 1 is 1.33 bits per heavy atom. The number of thiol groups is 1. The summed E-state index contributed by atoms with van der Waals surface area (Å²) < 4.78 is 0. The van der Waals surface area contributed by atoms with Gasteiger partial charge in [0, 0.05) is 35.8 Å². The van der Waals surface area contributed by atoms with Crippen LogP contribution in [0.25, 0.3) is 10.9 Å². The van der Waals surface area contributed by atoms with Crippen molar-refractivity contribution in [2.75, 3.05) is 12.3 Å². The van der Waals surface area contributed by atoms with E-state index in [1.165, 1.54) is 10.9 Å². The Hall–Kier alpha value is -1.42. The molecule has 0 unspecified atom stereocenters. The lowest BCUT2D eigenvalue weighted by Crippen LogP contribution is -2.24. The maximum atomic E-state index is 11.4. The fourth-order valence-electron chi connectivity index (χ4n) is 2.06. The summed E-state index contributed by atoms with van der Waals surface area (Å²) >= 11 is 4.06. The number of aromatic amines is 1. The van der Waals surface area contributed by atoms with E-state index in [1.54, 1.807) is 0 Å². The van der Waals surface area contributed by atoms with Gasteiger partial charge in [-0.05, 0) is 24.5 Å². The fourth-order valence-corrected chi connectivity index (χ4v) is 2.17. The predicted molar refractivity (Wildman–Crippen MR) is 78.1 cm³/mol. The summed E-state index contributed by atoms with van der Waals surface area (Å²) in [5, 5.41) is 4.08. The monoisotopic (exact) mass is 262 g/mol. The van der Waals surface area contributed by atoms with Crippen LogP contribution in [-0.2, 0) is 11.2 Å². The van der Waals surface area contributed by atoms with E-state index in [9.17, 15) is 4.79 Å². The van der Waals surface area contributed by atoms with E-state index in [4.69, 9.17) is 0 Å². The third-order valence-electron chi connectivity index (χ3n) is 2.96. The smallest absolute Gasteiger partial charge is 0.220 e. The van der Waals surface area contributed by atoms with Gasteiger partial charge in [-0.2, -0.15) is 12.6 Å². The third kappa shape index (κ3) is 3.29. The van der Waals surface area contributed by atoms with Crippen LogP contribution in [0.2, 0.25) is 0 Å². The standard InChI is InChI=1S/C14H18N2OS/c17-14(15-8-9-18)7-3-4-11-10-16-13-6-2-1-5-12(11)13/h1-2,5-6,10,16,18H,3-4,7-9H2,(H,15,17). The maximum absolute atomic E-state index is 11.4. The molecule has 0 atom stereocenters. The molecule has 1 aromatic carbocycles. The lowest BCUT2D eigenvalue weighted by atomic mass is 10.1. The number of carbonyl (C=O) groups is 1. The third-order valence-corrected chi connectivity index (χ3v) is 3.18. The van der Waals surface area contributed by atoms with Gasteiger partial charge >= 0.3 is 0 Å². The number of aromatic nitrogens is 1. The first-order valence-electron chi connectivity index (χ1n) is 6.24. The molecule has 2 aromatic rings. The summed E-state index contributed by atoms with van der Waals surface area (Å²) in [6, 6.07) is 8.24. The number of H-pyrrole nitrogens is 1. The minimum absolute atomic E-state index is 0.115. The summed E-state index contributed by atoms with van der Waals surface area (Å²) in [6.45, 7) is 0.648. The van der Waals surface area contributed by atoms with Gasteiger partial charge in [0.1, 0.15) is 0 Å². The molecule has 1 amide bonds. The zero-order valence-corrected chi connectivity index (χ0v) is 11.2. The Labute approximate surface area is 112 Å². The number of benzene rings is 1. The van der Waals surface area contributed by atoms with Crippen molar-refractivity contribution in [2.24, 2.45) is 0 Å². The van der Waals surface area contributed by atoms with Crippen molar-refractivity contribution < 1.29 is 4.79 Å². The average Bonchev–Trinajstić information content (AvgIpc) is 2.80. The molecule has 0 aliphatic heterocycles. The Morgan fingerprint density at radius 3 is 3.00 bits per heavy atom. The van der Waals surface area contributed by atoms with Gasteiger partial charge in [-0.15, -0.1) is 0 Å². The molecule has 2 rings (SSSR count). The van der Waals surface area contributed by atoms with E-state index in [-0.39, 0.29) is 5.91 Å². The second-order valence-electron chi connectivity index (χ2n) is 4.29. The molecule has 0 saturated heterocycles. The highest BCUT2D eigenvalue weighted by molar-refractivity contribution is 7.80. The van der Waals surface area contributed by atoms with Crippen molar-refractivity contribution in [3.05, 3.63) is 36.0 Å². The minimum Gasteiger partial charge on any atom is -0.361 e. The van der Waals surface area contributed by atoms with Gasteiger partial charge < -0.3 is 10.3 Å². The topological polar surface area (TPSA) is 44.9 Å². The summed E-state index contributed by atoms with van der Waals surface area (Å²) in [5.74, 6) is 0.803. The molecule has 0 aliphatic carbocycles. The molecule has 1 heterocycles. The van der Waals surface area contributed by atoms with Crippen LogP contribution in [-0.4, -0.2) is 23.2 Å². The number of para-hydroxylation sites is 1. The Bertz CT molecular complexity index is 521. The minimum atomic E-state index is 0.115. The summed E-state index contributed by atoms with van der Waals surface area (Å²) in [4.78, 5) is 14.7. The second-order valence-corrected chi connectivity index (χ2v) is 4.73. The lowest BCUT2D eigenvalue weighted by molar-refractivity contribution is -0.121. The van der Waals surface area contributed by atoms with E-state index in [2.05, 4.69) is 35.1 Å². The molecule has 18 heavy (non-hydrogen) atoms. The molecule has 0 radical (unpaired) electrons. The van der Waals surface area contributed by atoms with Crippen molar-refractivity contribution in [1.29, 1.82) is 0 Å². The predicted octanol–water partition coefficient (Wildman–Crippen LogP) is 2.54. The molecule has 96 valence electrons. The molecule has 0 fully saturated rings. The van der Waals surface area contributed by atoms with Crippen molar-refractivity contribution >= 4 is 29.4 Å².